The summed E-state index contributed by atoms with van der Waals surface area (Å²) in [5.74, 6) is 0.938. The summed E-state index contributed by atoms with van der Waals surface area (Å²) in [7, 11) is 4.08. The van der Waals surface area contributed by atoms with Gasteiger partial charge in [-0.05, 0) is 54.2 Å². The molecule has 1 aliphatic rings. The number of nitrogens with one attached hydrogen (secondary N) is 1. The van der Waals surface area contributed by atoms with Crippen molar-refractivity contribution in [3.05, 3.63) is 77.4 Å². The lowest BCUT2D eigenvalue weighted by atomic mass is 10.0. The number of carbonyl (C=O) groups is 1. The van der Waals surface area contributed by atoms with Crippen molar-refractivity contribution in [2.75, 3.05) is 27.2 Å². The molecule has 1 aliphatic heterocycles. The summed E-state index contributed by atoms with van der Waals surface area (Å²) in [5.41, 5.74) is 3.14. The molecule has 1 unspecified atom stereocenters. The number of likely N-dealkylation sites (N-methyl/N-ethyl adjacent to an activating group) is 1. The number of ether oxygens (including phenoxy) is 1. The van der Waals surface area contributed by atoms with E-state index in [9.17, 15) is 4.79 Å². The molecule has 0 fully saturated rings. The molecule has 1 atom stereocenters. The fourth-order valence-corrected chi connectivity index (χ4v) is 3.63. The van der Waals surface area contributed by atoms with E-state index in [2.05, 4.69) is 28.4 Å². The summed E-state index contributed by atoms with van der Waals surface area (Å²) in [4.78, 5) is 14.8. The predicted molar refractivity (Wildman–Crippen MR) is 108 cm³/mol. The molecule has 0 saturated heterocycles. The standard InChI is InChI=1S/C23H24N2O2/c1-25(2)21(18-9-10-22-19(14-18)11-12-27-22)15-24-23(26)20-8-7-16-5-3-4-6-17(16)13-20/h3-10,13-14,21H,11-12,15H2,1-2H3,(H,24,26). The number of hydrogen-bond acceptors (Lipinski definition) is 3. The van der Waals surface area contributed by atoms with Crippen LogP contribution < -0.4 is 10.1 Å². The molecule has 0 spiro atoms. The van der Waals surface area contributed by atoms with E-state index in [1.165, 1.54) is 11.1 Å². The van der Waals surface area contributed by atoms with Gasteiger partial charge in [0.25, 0.3) is 5.91 Å². The molecule has 0 saturated carbocycles. The maximum absolute atomic E-state index is 12.7. The Balaban J connectivity index is 1.49. The van der Waals surface area contributed by atoms with Gasteiger partial charge in [0.1, 0.15) is 5.75 Å². The van der Waals surface area contributed by atoms with Gasteiger partial charge in [-0.25, -0.2) is 0 Å². The van der Waals surface area contributed by atoms with Crippen LogP contribution >= 0.6 is 0 Å². The van der Waals surface area contributed by atoms with Crippen LogP contribution in [0.1, 0.15) is 27.5 Å². The third-order valence-electron chi connectivity index (χ3n) is 5.19. The van der Waals surface area contributed by atoms with Crippen LogP contribution in [0.5, 0.6) is 5.75 Å². The largest absolute Gasteiger partial charge is 0.493 e. The number of hydrogen-bond donors (Lipinski definition) is 1. The summed E-state index contributed by atoms with van der Waals surface area (Å²) in [6, 6.07) is 20.4. The number of rotatable bonds is 5. The highest BCUT2D eigenvalue weighted by molar-refractivity contribution is 5.98. The van der Waals surface area contributed by atoms with E-state index in [1.807, 2.05) is 56.6 Å². The van der Waals surface area contributed by atoms with E-state index in [4.69, 9.17) is 4.74 Å². The number of benzene rings is 3. The first-order valence-electron chi connectivity index (χ1n) is 9.31. The summed E-state index contributed by atoms with van der Waals surface area (Å²) in [5, 5.41) is 5.32. The second kappa shape index (κ2) is 7.41. The highest BCUT2D eigenvalue weighted by Crippen LogP contribution is 2.29. The van der Waals surface area contributed by atoms with Crippen molar-refractivity contribution >= 4 is 16.7 Å². The lowest BCUT2D eigenvalue weighted by Gasteiger charge is -2.25. The maximum Gasteiger partial charge on any atom is 0.251 e. The molecule has 4 heteroatoms. The van der Waals surface area contributed by atoms with Crippen LogP contribution in [0.2, 0.25) is 0 Å². The Labute approximate surface area is 159 Å². The minimum absolute atomic E-state index is 0.0444. The van der Waals surface area contributed by atoms with Gasteiger partial charge in [0.05, 0.1) is 12.6 Å². The van der Waals surface area contributed by atoms with Crippen LogP contribution in [0.3, 0.4) is 0 Å². The van der Waals surface area contributed by atoms with Gasteiger partial charge in [0.2, 0.25) is 0 Å². The fourth-order valence-electron chi connectivity index (χ4n) is 3.63. The van der Waals surface area contributed by atoms with Gasteiger partial charge in [-0.15, -0.1) is 0 Å². The smallest absolute Gasteiger partial charge is 0.251 e. The minimum Gasteiger partial charge on any atom is -0.493 e. The van der Waals surface area contributed by atoms with Gasteiger partial charge in [-0.1, -0.05) is 42.5 Å². The Morgan fingerprint density at radius 2 is 1.89 bits per heavy atom. The molecule has 138 valence electrons. The first kappa shape index (κ1) is 17.6. The van der Waals surface area contributed by atoms with Gasteiger partial charge in [-0.3, -0.25) is 4.79 Å². The molecular formula is C23H24N2O2. The second-order valence-electron chi connectivity index (χ2n) is 7.22. The Hall–Kier alpha value is -2.85. The Kier molecular flexibility index (Phi) is 4.82. The minimum atomic E-state index is -0.0444. The summed E-state index contributed by atoms with van der Waals surface area (Å²) >= 11 is 0. The van der Waals surface area contributed by atoms with Crippen LogP contribution in [-0.2, 0) is 6.42 Å². The molecule has 0 bridgehead atoms. The highest BCUT2D eigenvalue weighted by Gasteiger charge is 2.19. The van der Waals surface area contributed by atoms with Crippen molar-refractivity contribution < 1.29 is 9.53 Å². The van der Waals surface area contributed by atoms with Crippen LogP contribution in [0.25, 0.3) is 10.8 Å². The average molecular weight is 360 g/mol. The Morgan fingerprint density at radius 1 is 1.07 bits per heavy atom. The van der Waals surface area contributed by atoms with Gasteiger partial charge >= 0.3 is 0 Å². The van der Waals surface area contributed by atoms with E-state index in [0.29, 0.717) is 12.1 Å². The van der Waals surface area contributed by atoms with E-state index in [1.54, 1.807) is 0 Å². The van der Waals surface area contributed by atoms with E-state index in [0.717, 1.165) is 29.5 Å². The first-order chi connectivity index (χ1) is 13.1. The SMILES string of the molecule is CN(C)C(CNC(=O)c1ccc2ccccc2c1)c1ccc2c(c1)CCO2. The maximum atomic E-state index is 12.7. The summed E-state index contributed by atoms with van der Waals surface area (Å²) < 4.78 is 5.60. The first-order valence-corrected chi connectivity index (χ1v) is 9.31. The van der Waals surface area contributed by atoms with Gasteiger partial charge in [0.15, 0.2) is 0 Å². The number of fused-ring (bicyclic) bond motifs is 2. The zero-order valence-corrected chi connectivity index (χ0v) is 15.7. The third kappa shape index (κ3) is 3.67. The van der Waals surface area contributed by atoms with Crippen LogP contribution in [0.15, 0.2) is 60.7 Å². The molecule has 1 N–H and O–H groups in total. The zero-order chi connectivity index (χ0) is 18.8. The molecule has 0 radical (unpaired) electrons. The number of amides is 1. The molecular weight excluding hydrogens is 336 g/mol. The van der Waals surface area contributed by atoms with Crippen LogP contribution in [0, 0.1) is 0 Å². The van der Waals surface area contributed by atoms with Crippen molar-refractivity contribution in [1.82, 2.24) is 10.2 Å². The Morgan fingerprint density at radius 3 is 2.70 bits per heavy atom. The molecule has 1 heterocycles. The number of carbonyl (C=O) groups excluding carboxylic acids is 1. The molecule has 3 aromatic carbocycles. The lowest BCUT2D eigenvalue weighted by Crippen LogP contribution is -2.34. The molecule has 4 rings (SSSR count). The van der Waals surface area contributed by atoms with Crippen molar-refractivity contribution in [3.63, 3.8) is 0 Å². The van der Waals surface area contributed by atoms with Gasteiger partial charge in [0, 0.05) is 18.5 Å². The molecule has 3 aromatic rings. The highest BCUT2D eigenvalue weighted by atomic mass is 16.5. The molecule has 4 nitrogen and oxygen atoms in total. The molecule has 0 aliphatic carbocycles. The van der Waals surface area contributed by atoms with E-state index in [-0.39, 0.29) is 11.9 Å². The van der Waals surface area contributed by atoms with E-state index < -0.39 is 0 Å². The average Bonchev–Trinajstić information content (AvgIpc) is 3.15. The third-order valence-corrected chi connectivity index (χ3v) is 5.19. The predicted octanol–water partition coefficient (Wildman–Crippen LogP) is 3.81. The van der Waals surface area contributed by atoms with Crippen molar-refractivity contribution in [3.8, 4) is 5.75 Å². The van der Waals surface area contributed by atoms with Crippen molar-refractivity contribution in [2.24, 2.45) is 0 Å². The summed E-state index contributed by atoms with van der Waals surface area (Å²) in [6.07, 6.45) is 0.951. The fraction of sp³-hybridized carbons (Fsp3) is 0.261. The zero-order valence-electron chi connectivity index (χ0n) is 15.7. The van der Waals surface area contributed by atoms with Gasteiger partial charge in [-0.2, -0.15) is 0 Å². The normalized spacial score (nSPS) is 14.0. The van der Waals surface area contributed by atoms with Crippen LogP contribution in [-0.4, -0.2) is 38.1 Å². The number of nitrogens with zero attached hydrogens (tertiary/aromatic N) is 1. The van der Waals surface area contributed by atoms with E-state index >= 15 is 0 Å². The van der Waals surface area contributed by atoms with Crippen LogP contribution in [0.4, 0.5) is 0 Å². The van der Waals surface area contributed by atoms with Crippen molar-refractivity contribution in [1.29, 1.82) is 0 Å². The lowest BCUT2D eigenvalue weighted by molar-refractivity contribution is 0.0942. The topological polar surface area (TPSA) is 41.6 Å². The summed E-state index contributed by atoms with van der Waals surface area (Å²) in [6.45, 7) is 1.31. The second-order valence-corrected chi connectivity index (χ2v) is 7.22. The molecule has 0 aromatic heterocycles. The van der Waals surface area contributed by atoms with Crippen molar-refractivity contribution in [2.45, 2.75) is 12.5 Å². The molecule has 1 amide bonds. The Bertz CT molecular complexity index is 981. The quantitative estimate of drug-likeness (QED) is 0.752. The molecule has 27 heavy (non-hydrogen) atoms. The monoisotopic (exact) mass is 360 g/mol. The van der Waals surface area contributed by atoms with Gasteiger partial charge < -0.3 is 15.0 Å².